The first-order chi connectivity index (χ1) is 16.1. The summed E-state index contributed by atoms with van der Waals surface area (Å²) in [5.74, 6) is 2.07. The maximum Gasteiger partial charge on any atom is 0.336 e. The van der Waals surface area contributed by atoms with E-state index in [-0.39, 0.29) is 12.5 Å². The summed E-state index contributed by atoms with van der Waals surface area (Å²) < 4.78 is 13.0. The second kappa shape index (κ2) is 8.90. The number of hydrogen-bond donors (Lipinski definition) is 1. The molecule has 5 rings (SSSR count). The van der Waals surface area contributed by atoms with E-state index >= 15 is 0 Å². The number of nitrogens with one attached hydrogen (secondary N) is 1. The largest absolute Gasteiger partial charge is 0.484 e. The smallest absolute Gasteiger partial charge is 0.336 e. The lowest BCUT2D eigenvalue weighted by Gasteiger charge is -2.10. The number of carbonyl (C=O) groups is 1. The van der Waals surface area contributed by atoms with Crippen LogP contribution in [-0.2, 0) is 17.8 Å². The molecule has 1 aliphatic rings. The third-order valence-corrected chi connectivity index (χ3v) is 5.83. The van der Waals surface area contributed by atoms with Gasteiger partial charge in [-0.1, -0.05) is 6.42 Å². The zero-order valence-corrected chi connectivity index (χ0v) is 18.3. The zero-order valence-electron chi connectivity index (χ0n) is 18.3. The molecule has 2 aromatic carbocycles. The highest BCUT2D eigenvalue weighted by atomic mass is 16.5. The third-order valence-electron chi connectivity index (χ3n) is 5.83. The Hall–Kier alpha value is -3.94. The van der Waals surface area contributed by atoms with Crippen molar-refractivity contribution in [3.8, 4) is 17.1 Å². The Morgan fingerprint density at radius 2 is 1.94 bits per heavy atom. The predicted octanol–water partition coefficient (Wildman–Crippen LogP) is 4.10. The molecule has 0 radical (unpaired) electrons. The van der Waals surface area contributed by atoms with Gasteiger partial charge in [-0.15, -0.1) is 10.2 Å². The highest BCUT2D eigenvalue weighted by Crippen LogP contribution is 2.25. The summed E-state index contributed by atoms with van der Waals surface area (Å²) in [6.45, 7) is 2.61. The van der Waals surface area contributed by atoms with Crippen LogP contribution >= 0.6 is 0 Å². The van der Waals surface area contributed by atoms with Gasteiger partial charge in [0.25, 0.3) is 5.91 Å². The molecule has 1 aliphatic heterocycles. The maximum atomic E-state index is 12.4. The molecule has 3 heterocycles. The summed E-state index contributed by atoms with van der Waals surface area (Å²) in [4.78, 5) is 24.0. The van der Waals surface area contributed by atoms with Crippen molar-refractivity contribution in [2.45, 2.75) is 39.2 Å². The van der Waals surface area contributed by atoms with Gasteiger partial charge in [0, 0.05) is 41.7 Å². The minimum absolute atomic E-state index is 0.166. The van der Waals surface area contributed by atoms with E-state index in [1.807, 2.05) is 37.3 Å². The molecule has 1 N–H and O–H groups in total. The summed E-state index contributed by atoms with van der Waals surface area (Å²) in [5, 5.41) is 12.4. The van der Waals surface area contributed by atoms with E-state index in [2.05, 4.69) is 20.1 Å². The molecule has 0 fully saturated rings. The molecule has 33 heavy (non-hydrogen) atoms. The Balaban J connectivity index is 1.22. The average molecular weight is 444 g/mol. The molecule has 4 aromatic rings. The normalized spacial score (nSPS) is 13.4. The number of fused-ring (bicyclic) bond motifs is 2. The van der Waals surface area contributed by atoms with Gasteiger partial charge in [-0.3, -0.25) is 4.79 Å². The van der Waals surface area contributed by atoms with Gasteiger partial charge in [0.05, 0.1) is 0 Å². The number of aryl methyl sites for hydroxylation is 2. The first-order valence-corrected chi connectivity index (χ1v) is 11.1. The molecule has 0 atom stereocenters. The van der Waals surface area contributed by atoms with Gasteiger partial charge in [-0.25, -0.2) is 4.79 Å². The van der Waals surface area contributed by atoms with Crippen molar-refractivity contribution in [1.29, 1.82) is 0 Å². The van der Waals surface area contributed by atoms with Gasteiger partial charge in [0.1, 0.15) is 17.2 Å². The number of anilines is 1. The molecule has 8 nitrogen and oxygen atoms in total. The Morgan fingerprint density at radius 1 is 1.09 bits per heavy atom. The minimum Gasteiger partial charge on any atom is -0.484 e. The Bertz CT molecular complexity index is 1370. The molecular weight excluding hydrogens is 420 g/mol. The van der Waals surface area contributed by atoms with Gasteiger partial charge >= 0.3 is 5.63 Å². The second-order valence-corrected chi connectivity index (χ2v) is 8.22. The number of hydrogen-bond acceptors (Lipinski definition) is 6. The van der Waals surface area contributed by atoms with Crippen LogP contribution in [0.5, 0.6) is 5.75 Å². The molecule has 0 unspecified atom stereocenters. The van der Waals surface area contributed by atoms with Crippen molar-refractivity contribution >= 4 is 22.6 Å². The van der Waals surface area contributed by atoms with Crippen LogP contribution < -0.4 is 15.7 Å². The number of rotatable bonds is 5. The number of amides is 1. The van der Waals surface area contributed by atoms with Gasteiger partial charge in [-0.2, -0.15) is 0 Å². The zero-order chi connectivity index (χ0) is 22.8. The lowest BCUT2D eigenvalue weighted by molar-refractivity contribution is -0.118. The summed E-state index contributed by atoms with van der Waals surface area (Å²) in [6, 6.07) is 14.2. The molecule has 8 heteroatoms. The minimum atomic E-state index is -0.416. The van der Waals surface area contributed by atoms with E-state index in [9.17, 15) is 9.59 Å². The van der Waals surface area contributed by atoms with E-state index in [1.165, 1.54) is 12.5 Å². The van der Waals surface area contributed by atoms with Crippen molar-refractivity contribution in [3.63, 3.8) is 0 Å². The van der Waals surface area contributed by atoms with Crippen LogP contribution in [0.4, 0.5) is 5.69 Å². The quantitative estimate of drug-likeness (QED) is 0.465. The standard InChI is InChI=1S/C25H24N4O4/c1-16-13-24(31)33-21-14-19(10-11-20(16)21)32-15-23(30)26-18-8-6-17(7-9-18)25-28-27-22-5-3-2-4-12-29(22)25/h6-11,13-14H,2-5,12,15H2,1H3,(H,26,30). The Kier molecular flexibility index (Phi) is 5.64. The first kappa shape index (κ1) is 20.9. The van der Waals surface area contributed by atoms with Crippen LogP contribution in [0.1, 0.15) is 30.7 Å². The molecule has 1 amide bonds. The molecule has 0 saturated carbocycles. The van der Waals surface area contributed by atoms with Gasteiger partial charge < -0.3 is 19.0 Å². The van der Waals surface area contributed by atoms with Crippen molar-refractivity contribution in [2.24, 2.45) is 0 Å². The number of carbonyl (C=O) groups excluding carboxylic acids is 1. The van der Waals surface area contributed by atoms with Gasteiger partial charge in [0.2, 0.25) is 0 Å². The van der Waals surface area contributed by atoms with E-state index in [0.29, 0.717) is 17.0 Å². The summed E-state index contributed by atoms with van der Waals surface area (Å²) in [7, 11) is 0. The van der Waals surface area contributed by atoms with Crippen molar-refractivity contribution in [2.75, 3.05) is 11.9 Å². The number of aromatic nitrogens is 3. The van der Waals surface area contributed by atoms with E-state index in [4.69, 9.17) is 9.15 Å². The summed E-state index contributed by atoms with van der Waals surface area (Å²) in [6.07, 6.45) is 4.46. The highest BCUT2D eigenvalue weighted by Gasteiger charge is 2.16. The van der Waals surface area contributed by atoms with Crippen LogP contribution in [0.15, 0.2) is 57.7 Å². The van der Waals surface area contributed by atoms with Gasteiger partial charge in [-0.05, 0) is 61.7 Å². The van der Waals surface area contributed by atoms with Crippen LogP contribution in [0.3, 0.4) is 0 Å². The molecule has 168 valence electrons. The predicted molar refractivity (Wildman–Crippen MR) is 124 cm³/mol. The fourth-order valence-corrected chi connectivity index (χ4v) is 4.14. The summed E-state index contributed by atoms with van der Waals surface area (Å²) in [5.41, 5.74) is 2.48. The fraction of sp³-hybridized carbons (Fsp3) is 0.280. The third kappa shape index (κ3) is 4.50. The topological polar surface area (TPSA) is 99.2 Å². The lowest BCUT2D eigenvalue weighted by atomic mass is 10.1. The van der Waals surface area contributed by atoms with Crippen LogP contribution in [0.2, 0.25) is 0 Å². The molecule has 2 aromatic heterocycles. The molecule has 0 aliphatic carbocycles. The SMILES string of the molecule is Cc1cc(=O)oc2cc(OCC(=O)Nc3ccc(-c4nnc5n4CCCCC5)cc3)ccc12. The first-order valence-electron chi connectivity index (χ1n) is 11.1. The number of ether oxygens (including phenoxy) is 1. The molecule has 0 bridgehead atoms. The van der Waals surface area contributed by atoms with E-state index in [1.54, 1.807) is 12.1 Å². The van der Waals surface area contributed by atoms with Crippen molar-refractivity contribution < 1.29 is 13.9 Å². The monoisotopic (exact) mass is 444 g/mol. The van der Waals surface area contributed by atoms with E-state index < -0.39 is 5.63 Å². The van der Waals surface area contributed by atoms with Crippen LogP contribution in [0.25, 0.3) is 22.4 Å². The molecule has 0 saturated heterocycles. The number of nitrogens with zero attached hydrogens (tertiary/aromatic N) is 3. The number of benzene rings is 2. The molecule has 0 spiro atoms. The fourth-order valence-electron chi connectivity index (χ4n) is 4.14. The second-order valence-electron chi connectivity index (χ2n) is 8.22. The lowest BCUT2D eigenvalue weighted by Crippen LogP contribution is -2.20. The Labute approximate surface area is 190 Å². The van der Waals surface area contributed by atoms with Gasteiger partial charge in [0.15, 0.2) is 12.4 Å². The molecular formula is C25H24N4O4. The van der Waals surface area contributed by atoms with Crippen molar-refractivity contribution in [1.82, 2.24) is 14.8 Å². The van der Waals surface area contributed by atoms with Crippen LogP contribution in [0, 0.1) is 6.92 Å². The maximum absolute atomic E-state index is 12.4. The highest BCUT2D eigenvalue weighted by molar-refractivity contribution is 5.92. The Morgan fingerprint density at radius 3 is 2.79 bits per heavy atom. The average Bonchev–Trinajstić information content (AvgIpc) is 3.05. The summed E-state index contributed by atoms with van der Waals surface area (Å²) >= 11 is 0. The van der Waals surface area contributed by atoms with E-state index in [0.717, 1.165) is 54.0 Å². The van der Waals surface area contributed by atoms with Crippen LogP contribution in [-0.4, -0.2) is 27.3 Å². The van der Waals surface area contributed by atoms with Crippen molar-refractivity contribution in [3.05, 3.63) is 70.3 Å².